The van der Waals surface area contributed by atoms with Gasteiger partial charge in [-0.1, -0.05) is 24.3 Å². The van der Waals surface area contributed by atoms with E-state index in [9.17, 15) is 9.18 Å². The van der Waals surface area contributed by atoms with Crippen LogP contribution in [0.2, 0.25) is 0 Å². The van der Waals surface area contributed by atoms with Gasteiger partial charge in [0.15, 0.2) is 0 Å². The molecule has 0 aliphatic heterocycles. The molecule has 2 aromatic carbocycles. The number of rotatable bonds is 8. The minimum absolute atomic E-state index is 0.00528. The molecule has 0 aromatic heterocycles. The molecule has 0 atom stereocenters. The van der Waals surface area contributed by atoms with E-state index in [4.69, 9.17) is 4.74 Å². The van der Waals surface area contributed by atoms with Crippen LogP contribution in [0.3, 0.4) is 0 Å². The van der Waals surface area contributed by atoms with Crippen molar-refractivity contribution >= 4 is 17.7 Å². The lowest BCUT2D eigenvalue weighted by atomic mass is 10.1. The highest BCUT2D eigenvalue weighted by molar-refractivity contribution is 7.99. The van der Waals surface area contributed by atoms with E-state index in [1.54, 1.807) is 13.2 Å². The number of hydrogen-bond acceptors (Lipinski definition) is 3. The molecule has 23 heavy (non-hydrogen) atoms. The second kappa shape index (κ2) is 9.20. The normalized spacial score (nSPS) is 10.3. The van der Waals surface area contributed by atoms with Crippen molar-refractivity contribution in [1.29, 1.82) is 0 Å². The topological polar surface area (TPSA) is 38.3 Å². The smallest absolute Gasteiger partial charge is 0.230 e. The van der Waals surface area contributed by atoms with Crippen LogP contribution in [0.4, 0.5) is 4.39 Å². The molecule has 0 unspecified atom stereocenters. The zero-order chi connectivity index (χ0) is 16.5. The lowest BCUT2D eigenvalue weighted by molar-refractivity contribution is -0.118. The van der Waals surface area contributed by atoms with E-state index in [-0.39, 0.29) is 11.7 Å². The van der Waals surface area contributed by atoms with Gasteiger partial charge in [-0.25, -0.2) is 4.39 Å². The lowest BCUT2D eigenvalue weighted by Crippen LogP contribution is -2.27. The minimum atomic E-state index is -0.245. The summed E-state index contributed by atoms with van der Waals surface area (Å²) in [5.74, 6) is 1.56. The van der Waals surface area contributed by atoms with Crippen molar-refractivity contribution in [1.82, 2.24) is 5.32 Å². The minimum Gasteiger partial charge on any atom is -0.497 e. The van der Waals surface area contributed by atoms with E-state index in [1.807, 2.05) is 30.3 Å². The maximum absolute atomic E-state index is 13.0. The van der Waals surface area contributed by atoms with Crippen molar-refractivity contribution in [3.8, 4) is 5.75 Å². The highest BCUT2D eigenvalue weighted by Crippen LogP contribution is 2.14. The fraction of sp³-hybridized carbons (Fsp3) is 0.278. The van der Waals surface area contributed by atoms with E-state index in [0.29, 0.717) is 18.1 Å². The summed E-state index contributed by atoms with van der Waals surface area (Å²) in [6.07, 6.45) is 0.761. The number of thioether (sulfide) groups is 1. The van der Waals surface area contributed by atoms with Crippen LogP contribution in [-0.4, -0.2) is 25.3 Å². The Morgan fingerprint density at radius 2 is 1.96 bits per heavy atom. The van der Waals surface area contributed by atoms with Gasteiger partial charge in [0.2, 0.25) is 5.91 Å². The molecule has 0 bridgehead atoms. The summed E-state index contributed by atoms with van der Waals surface area (Å²) >= 11 is 1.48. The number of ether oxygens (including phenoxy) is 1. The van der Waals surface area contributed by atoms with Gasteiger partial charge in [0.25, 0.3) is 0 Å². The van der Waals surface area contributed by atoms with Gasteiger partial charge in [0, 0.05) is 12.3 Å². The molecule has 2 aromatic rings. The molecule has 122 valence electrons. The van der Waals surface area contributed by atoms with Gasteiger partial charge in [-0.3, -0.25) is 4.79 Å². The Labute approximate surface area is 140 Å². The molecular weight excluding hydrogens is 313 g/mol. The van der Waals surface area contributed by atoms with Crippen LogP contribution in [0.25, 0.3) is 0 Å². The van der Waals surface area contributed by atoms with Crippen molar-refractivity contribution in [2.45, 2.75) is 12.2 Å². The quantitative estimate of drug-likeness (QED) is 0.804. The first-order valence-electron chi connectivity index (χ1n) is 7.39. The molecule has 0 radical (unpaired) electrons. The average molecular weight is 333 g/mol. The molecule has 0 saturated carbocycles. The third-order valence-corrected chi connectivity index (χ3v) is 4.26. The average Bonchev–Trinajstić information content (AvgIpc) is 2.55. The molecule has 1 amide bonds. The highest BCUT2D eigenvalue weighted by Gasteiger charge is 2.03. The van der Waals surface area contributed by atoms with Gasteiger partial charge in [0.05, 0.1) is 12.9 Å². The third-order valence-electron chi connectivity index (χ3n) is 3.26. The van der Waals surface area contributed by atoms with Crippen LogP contribution in [-0.2, 0) is 17.0 Å². The molecule has 2 rings (SSSR count). The fourth-order valence-electron chi connectivity index (χ4n) is 2.11. The number of methoxy groups -OCH3 is 1. The summed E-state index contributed by atoms with van der Waals surface area (Å²) in [6, 6.07) is 14.2. The zero-order valence-electron chi connectivity index (χ0n) is 13.0. The van der Waals surface area contributed by atoms with E-state index >= 15 is 0 Å². The van der Waals surface area contributed by atoms with Crippen molar-refractivity contribution < 1.29 is 13.9 Å². The second-order valence-corrected chi connectivity index (χ2v) is 6.06. The predicted octanol–water partition coefficient (Wildman–Crippen LogP) is 3.43. The van der Waals surface area contributed by atoms with Crippen LogP contribution < -0.4 is 10.1 Å². The molecule has 5 heteroatoms. The second-order valence-electron chi connectivity index (χ2n) is 5.07. The lowest BCUT2D eigenvalue weighted by Gasteiger charge is -2.07. The van der Waals surface area contributed by atoms with Crippen LogP contribution >= 0.6 is 11.8 Å². The Hall–Kier alpha value is -2.01. The Balaban J connectivity index is 1.65. The zero-order valence-corrected chi connectivity index (χ0v) is 13.9. The van der Waals surface area contributed by atoms with Crippen LogP contribution in [0.1, 0.15) is 11.1 Å². The number of halogens is 1. The largest absolute Gasteiger partial charge is 0.497 e. The van der Waals surface area contributed by atoms with Crippen molar-refractivity contribution in [3.05, 3.63) is 65.5 Å². The first-order chi connectivity index (χ1) is 11.2. The summed E-state index contributed by atoms with van der Waals surface area (Å²) in [5.41, 5.74) is 2.01. The number of nitrogens with one attached hydrogen (secondary N) is 1. The first kappa shape index (κ1) is 17.3. The van der Waals surface area contributed by atoms with Gasteiger partial charge in [-0.15, -0.1) is 11.8 Å². The number of amides is 1. The molecule has 1 N–H and O–H groups in total. The van der Waals surface area contributed by atoms with Gasteiger partial charge < -0.3 is 10.1 Å². The molecule has 0 heterocycles. The van der Waals surface area contributed by atoms with Gasteiger partial charge in [-0.2, -0.15) is 0 Å². The summed E-state index contributed by atoms with van der Waals surface area (Å²) in [6.45, 7) is 0.590. The maximum atomic E-state index is 13.0. The SMILES string of the molecule is COc1cccc(CCNC(=O)CSCc2cccc(F)c2)c1. The maximum Gasteiger partial charge on any atom is 0.230 e. The highest BCUT2D eigenvalue weighted by atomic mass is 32.2. The number of benzene rings is 2. The Morgan fingerprint density at radius 3 is 2.74 bits per heavy atom. The Kier molecular flexibility index (Phi) is 6.94. The summed E-state index contributed by atoms with van der Waals surface area (Å²) in [4.78, 5) is 11.8. The molecular formula is C18H20FNO2S. The molecule has 0 saturated heterocycles. The molecule has 0 aliphatic rings. The van der Waals surface area contributed by atoms with Gasteiger partial charge in [-0.05, 0) is 41.8 Å². The van der Waals surface area contributed by atoms with Gasteiger partial charge in [0.1, 0.15) is 11.6 Å². The van der Waals surface area contributed by atoms with Crippen molar-refractivity contribution in [2.24, 2.45) is 0 Å². The fourth-order valence-corrected chi connectivity index (χ4v) is 2.92. The third kappa shape index (κ3) is 6.32. The summed E-state index contributed by atoms with van der Waals surface area (Å²) < 4.78 is 18.2. The number of hydrogen-bond donors (Lipinski definition) is 1. The summed E-state index contributed by atoms with van der Waals surface area (Å²) in [7, 11) is 1.64. The van der Waals surface area contributed by atoms with Gasteiger partial charge >= 0.3 is 0 Å². The molecule has 0 fully saturated rings. The van der Waals surface area contributed by atoms with E-state index in [2.05, 4.69) is 5.32 Å². The Morgan fingerprint density at radius 1 is 1.17 bits per heavy atom. The standard InChI is InChI=1S/C18H20FNO2S/c1-22-17-7-3-4-14(11-17)8-9-20-18(21)13-23-12-15-5-2-6-16(19)10-15/h2-7,10-11H,8-9,12-13H2,1H3,(H,20,21). The predicted molar refractivity (Wildman–Crippen MR) is 92.3 cm³/mol. The molecule has 3 nitrogen and oxygen atoms in total. The Bertz CT molecular complexity index is 648. The first-order valence-corrected chi connectivity index (χ1v) is 8.54. The molecule has 0 spiro atoms. The van der Waals surface area contributed by atoms with E-state index < -0.39 is 0 Å². The number of carbonyl (C=O) groups excluding carboxylic acids is 1. The number of carbonyl (C=O) groups is 1. The van der Waals surface area contributed by atoms with Crippen LogP contribution in [0.5, 0.6) is 5.75 Å². The summed E-state index contributed by atoms with van der Waals surface area (Å²) in [5, 5.41) is 2.89. The van der Waals surface area contributed by atoms with E-state index in [1.165, 1.54) is 23.9 Å². The van der Waals surface area contributed by atoms with Crippen molar-refractivity contribution in [3.63, 3.8) is 0 Å². The van der Waals surface area contributed by atoms with Crippen LogP contribution in [0, 0.1) is 5.82 Å². The van der Waals surface area contributed by atoms with Crippen molar-refractivity contribution in [2.75, 3.05) is 19.4 Å². The molecule has 0 aliphatic carbocycles. The monoisotopic (exact) mass is 333 g/mol. The van der Waals surface area contributed by atoms with E-state index in [0.717, 1.165) is 23.3 Å². The van der Waals surface area contributed by atoms with Crippen LogP contribution in [0.15, 0.2) is 48.5 Å².